The summed E-state index contributed by atoms with van der Waals surface area (Å²) in [6.45, 7) is 2.39. The van der Waals surface area contributed by atoms with Gasteiger partial charge in [0.05, 0.1) is 6.04 Å². The minimum absolute atomic E-state index is 0.428. The largest absolute Gasteiger partial charge is 0.359 e. The molecule has 0 aromatic rings. The van der Waals surface area contributed by atoms with Gasteiger partial charge in [-0.25, -0.2) is 0 Å². The third-order valence-electron chi connectivity index (χ3n) is 5.02. The average Bonchev–Trinajstić information content (AvgIpc) is 2.93. The highest BCUT2D eigenvalue weighted by Crippen LogP contribution is 2.38. The van der Waals surface area contributed by atoms with Crippen LogP contribution in [0.4, 0.5) is 0 Å². The fourth-order valence-electron chi connectivity index (χ4n) is 3.71. The van der Waals surface area contributed by atoms with Crippen molar-refractivity contribution in [3.63, 3.8) is 0 Å². The summed E-state index contributed by atoms with van der Waals surface area (Å²) in [5, 5.41) is 5.03. The Morgan fingerprint density at radius 3 is 2.72 bits per heavy atom. The number of rotatable bonds is 1. The Balaban J connectivity index is 1.65. The maximum Gasteiger partial charge on any atom is 0.157 e. The molecule has 0 aromatic heterocycles. The molecule has 3 aliphatic rings. The first kappa shape index (κ1) is 12.8. The maximum absolute atomic E-state index is 5.06. The number of aliphatic imine (C=N–C) groups is 1. The molecule has 1 aliphatic heterocycles. The molecule has 3 fully saturated rings. The van der Waals surface area contributed by atoms with E-state index in [2.05, 4.69) is 12.2 Å². The molecule has 2 atom stereocenters. The monoisotopic (exact) mass is 266 g/mol. The lowest BCUT2D eigenvalue weighted by atomic mass is 9.98. The summed E-state index contributed by atoms with van der Waals surface area (Å²) in [5.74, 6) is 2.04. The maximum atomic E-state index is 5.06. The molecule has 0 radical (unpaired) electrons. The summed E-state index contributed by atoms with van der Waals surface area (Å²) < 4.78 is 0. The second kappa shape index (κ2) is 5.44. The quantitative estimate of drug-likeness (QED) is 0.726. The zero-order valence-electron chi connectivity index (χ0n) is 11.6. The SMILES string of the molecule is CC1CCCCCC1N=C1NC2(CCCC2)CS1. The number of thioether (sulfide) groups is 1. The topological polar surface area (TPSA) is 24.4 Å². The van der Waals surface area contributed by atoms with Crippen molar-refractivity contribution >= 4 is 16.9 Å². The summed E-state index contributed by atoms with van der Waals surface area (Å²) in [5.41, 5.74) is 0.428. The molecule has 0 bridgehead atoms. The number of hydrogen-bond acceptors (Lipinski definition) is 2. The zero-order valence-corrected chi connectivity index (χ0v) is 12.4. The van der Waals surface area contributed by atoms with Crippen LogP contribution >= 0.6 is 11.8 Å². The van der Waals surface area contributed by atoms with Gasteiger partial charge >= 0.3 is 0 Å². The fraction of sp³-hybridized carbons (Fsp3) is 0.933. The van der Waals surface area contributed by atoms with Crippen molar-refractivity contribution in [3.8, 4) is 0 Å². The summed E-state index contributed by atoms with van der Waals surface area (Å²) in [4.78, 5) is 5.06. The van der Waals surface area contributed by atoms with E-state index in [0.717, 1.165) is 5.92 Å². The van der Waals surface area contributed by atoms with Gasteiger partial charge in [0.2, 0.25) is 0 Å². The Morgan fingerprint density at radius 1 is 1.11 bits per heavy atom. The van der Waals surface area contributed by atoms with Crippen LogP contribution in [-0.4, -0.2) is 22.5 Å². The van der Waals surface area contributed by atoms with Crippen molar-refractivity contribution in [1.82, 2.24) is 5.32 Å². The van der Waals surface area contributed by atoms with Crippen molar-refractivity contribution in [1.29, 1.82) is 0 Å². The first-order valence-electron chi connectivity index (χ1n) is 7.76. The number of nitrogens with one attached hydrogen (secondary N) is 1. The molecule has 102 valence electrons. The Hall–Kier alpha value is -0.180. The van der Waals surface area contributed by atoms with Gasteiger partial charge < -0.3 is 5.32 Å². The van der Waals surface area contributed by atoms with Gasteiger partial charge in [0.1, 0.15) is 0 Å². The van der Waals surface area contributed by atoms with E-state index < -0.39 is 0 Å². The molecule has 1 N–H and O–H groups in total. The van der Waals surface area contributed by atoms with Gasteiger partial charge in [0.25, 0.3) is 0 Å². The van der Waals surface area contributed by atoms with E-state index >= 15 is 0 Å². The molecule has 3 rings (SSSR count). The number of nitrogens with zero attached hydrogens (tertiary/aromatic N) is 1. The van der Waals surface area contributed by atoms with Crippen LogP contribution in [0.15, 0.2) is 4.99 Å². The van der Waals surface area contributed by atoms with Gasteiger partial charge in [-0.15, -0.1) is 0 Å². The molecule has 0 amide bonds. The third-order valence-corrected chi connectivity index (χ3v) is 6.20. The lowest BCUT2D eigenvalue weighted by Gasteiger charge is -2.23. The summed E-state index contributed by atoms with van der Waals surface area (Å²) in [6, 6.07) is 0.582. The second-order valence-electron chi connectivity index (χ2n) is 6.52. The summed E-state index contributed by atoms with van der Waals surface area (Å²) >= 11 is 1.98. The predicted molar refractivity (Wildman–Crippen MR) is 80.3 cm³/mol. The van der Waals surface area contributed by atoms with Crippen LogP contribution in [0, 0.1) is 5.92 Å². The minimum atomic E-state index is 0.428. The first-order chi connectivity index (χ1) is 8.77. The standard InChI is InChI=1S/C15H26N2S/c1-12-7-3-2-4-8-13(12)16-14-17-15(11-18-14)9-5-6-10-15/h12-13H,2-11H2,1H3,(H,16,17). The van der Waals surface area contributed by atoms with E-state index in [9.17, 15) is 0 Å². The Morgan fingerprint density at radius 2 is 1.89 bits per heavy atom. The molecule has 1 spiro atoms. The van der Waals surface area contributed by atoms with E-state index in [4.69, 9.17) is 4.99 Å². The van der Waals surface area contributed by atoms with Crippen molar-refractivity contribution in [2.45, 2.75) is 76.3 Å². The van der Waals surface area contributed by atoms with Crippen LogP contribution in [0.3, 0.4) is 0 Å². The Kier molecular flexibility index (Phi) is 3.88. The molecule has 1 heterocycles. The van der Waals surface area contributed by atoms with Crippen molar-refractivity contribution in [2.24, 2.45) is 10.9 Å². The van der Waals surface area contributed by atoms with Crippen LogP contribution in [0.5, 0.6) is 0 Å². The highest BCUT2D eigenvalue weighted by atomic mass is 32.2. The zero-order chi connectivity index (χ0) is 12.4. The molecule has 2 aliphatic carbocycles. The molecular weight excluding hydrogens is 240 g/mol. The first-order valence-corrected chi connectivity index (χ1v) is 8.75. The minimum Gasteiger partial charge on any atom is -0.359 e. The van der Waals surface area contributed by atoms with Gasteiger partial charge in [0.15, 0.2) is 5.17 Å². The van der Waals surface area contributed by atoms with E-state index in [1.165, 1.54) is 68.7 Å². The molecule has 1 saturated heterocycles. The molecule has 3 heteroatoms. The van der Waals surface area contributed by atoms with Crippen LogP contribution in [-0.2, 0) is 0 Å². The van der Waals surface area contributed by atoms with Gasteiger partial charge in [-0.1, -0.05) is 50.8 Å². The highest BCUT2D eigenvalue weighted by Gasteiger charge is 2.39. The van der Waals surface area contributed by atoms with E-state index in [1.54, 1.807) is 0 Å². The van der Waals surface area contributed by atoms with Crippen LogP contribution in [0.1, 0.15) is 64.7 Å². The lowest BCUT2D eigenvalue weighted by molar-refractivity contribution is 0.425. The van der Waals surface area contributed by atoms with Crippen LogP contribution in [0.2, 0.25) is 0 Å². The lowest BCUT2D eigenvalue weighted by Crippen LogP contribution is -2.41. The smallest absolute Gasteiger partial charge is 0.157 e. The van der Waals surface area contributed by atoms with Gasteiger partial charge in [-0.2, -0.15) is 0 Å². The predicted octanol–water partition coefficient (Wildman–Crippen LogP) is 3.96. The van der Waals surface area contributed by atoms with E-state index in [0.29, 0.717) is 11.6 Å². The van der Waals surface area contributed by atoms with E-state index in [1.807, 2.05) is 11.8 Å². The summed E-state index contributed by atoms with van der Waals surface area (Å²) in [7, 11) is 0. The Bertz CT molecular complexity index is 320. The molecular formula is C15H26N2S. The normalized spacial score (nSPS) is 37.9. The second-order valence-corrected chi connectivity index (χ2v) is 7.48. The molecule has 2 unspecified atom stereocenters. The molecule has 18 heavy (non-hydrogen) atoms. The molecule has 2 saturated carbocycles. The summed E-state index contributed by atoms with van der Waals surface area (Å²) in [6.07, 6.45) is 12.4. The van der Waals surface area contributed by atoms with Crippen molar-refractivity contribution in [2.75, 3.05) is 5.75 Å². The van der Waals surface area contributed by atoms with E-state index in [-0.39, 0.29) is 0 Å². The van der Waals surface area contributed by atoms with Gasteiger partial charge in [-0.3, -0.25) is 4.99 Å². The van der Waals surface area contributed by atoms with Gasteiger partial charge in [-0.05, 0) is 31.6 Å². The third kappa shape index (κ3) is 2.71. The van der Waals surface area contributed by atoms with Crippen molar-refractivity contribution in [3.05, 3.63) is 0 Å². The Labute approximate surface area is 115 Å². The highest BCUT2D eigenvalue weighted by molar-refractivity contribution is 8.14. The van der Waals surface area contributed by atoms with Gasteiger partial charge in [0, 0.05) is 11.3 Å². The molecule has 0 aromatic carbocycles. The number of hydrogen-bond donors (Lipinski definition) is 1. The van der Waals surface area contributed by atoms with Crippen LogP contribution < -0.4 is 5.32 Å². The number of amidine groups is 1. The van der Waals surface area contributed by atoms with Crippen molar-refractivity contribution < 1.29 is 0 Å². The molecule has 2 nitrogen and oxygen atoms in total. The average molecular weight is 266 g/mol. The van der Waals surface area contributed by atoms with Crippen LogP contribution in [0.25, 0.3) is 0 Å². The fourth-order valence-corrected chi connectivity index (χ4v) is 4.98.